The lowest BCUT2D eigenvalue weighted by Gasteiger charge is -2.23. The van der Waals surface area contributed by atoms with Gasteiger partial charge in [-0.3, -0.25) is 4.79 Å². The number of aromatic nitrogens is 2. The van der Waals surface area contributed by atoms with Crippen LogP contribution in [0.5, 0.6) is 0 Å². The Morgan fingerprint density at radius 2 is 1.77 bits per heavy atom. The second-order valence-corrected chi connectivity index (χ2v) is 7.75. The summed E-state index contributed by atoms with van der Waals surface area (Å²) in [5, 5.41) is 12.6. The van der Waals surface area contributed by atoms with Crippen molar-refractivity contribution >= 4 is 29.0 Å². The summed E-state index contributed by atoms with van der Waals surface area (Å²) in [4.78, 5) is 21.2. The molecule has 1 saturated heterocycles. The summed E-state index contributed by atoms with van der Waals surface area (Å²) < 4.78 is 0. The van der Waals surface area contributed by atoms with Crippen LogP contribution in [0.25, 0.3) is 0 Å². The van der Waals surface area contributed by atoms with Crippen LogP contribution in [-0.2, 0) is 0 Å². The Labute approximate surface area is 182 Å². The number of aryl methyl sites for hydroxylation is 1. The Kier molecular flexibility index (Phi) is 6.43. The molecule has 0 bridgehead atoms. The lowest BCUT2D eigenvalue weighted by Crippen LogP contribution is -2.26. The molecule has 4 N–H and O–H groups in total. The summed E-state index contributed by atoms with van der Waals surface area (Å²) in [5.41, 5.74) is 4.47. The van der Waals surface area contributed by atoms with E-state index in [-0.39, 0.29) is 5.91 Å². The Morgan fingerprint density at radius 3 is 2.52 bits per heavy atom. The van der Waals surface area contributed by atoms with E-state index in [0.717, 1.165) is 24.3 Å². The number of para-hydroxylation sites is 1. The predicted octanol–water partition coefficient (Wildman–Crippen LogP) is 4.10. The van der Waals surface area contributed by atoms with Crippen LogP contribution in [0.2, 0.25) is 0 Å². The number of hydrogen-bond acceptors (Lipinski definition) is 6. The second-order valence-electron chi connectivity index (χ2n) is 7.75. The molecule has 1 fully saturated rings. The maximum absolute atomic E-state index is 12.2. The van der Waals surface area contributed by atoms with Crippen molar-refractivity contribution in [3.63, 3.8) is 0 Å². The minimum absolute atomic E-state index is 0.151. The summed E-state index contributed by atoms with van der Waals surface area (Å²) in [6.07, 6.45) is 4.13. The number of amides is 1. The van der Waals surface area contributed by atoms with Crippen molar-refractivity contribution in [1.29, 1.82) is 0 Å². The molecule has 2 heterocycles. The van der Waals surface area contributed by atoms with E-state index >= 15 is 0 Å². The van der Waals surface area contributed by atoms with Crippen LogP contribution in [0.1, 0.15) is 40.2 Å². The van der Waals surface area contributed by atoms with E-state index in [1.165, 1.54) is 18.4 Å². The third-order valence-corrected chi connectivity index (χ3v) is 5.60. The Bertz CT molecular complexity index is 1040. The first-order valence-corrected chi connectivity index (χ1v) is 10.6. The third kappa shape index (κ3) is 5.00. The molecular formula is C24H28N6O. The smallest absolute Gasteiger partial charge is 0.253 e. The van der Waals surface area contributed by atoms with Crippen LogP contribution >= 0.6 is 0 Å². The molecule has 0 saturated carbocycles. The molecule has 0 aliphatic carbocycles. The van der Waals surface area contributed by atoms with Gasteiger partial charge in [0.2, 0.25) is 5.95 Å². The number of carbonyl (C=O) groups is 1. The normalized spacial score (nSPS) is 14.1. The van der Waals surface area contributed by atoms with Crippen LogP contribution in [0.4, 0.5) is 23.1 Å². The fourth-order valence-electron chi connectivity index (χ4n) is 3.80. The lowest BCUT2D eigenvalue weighted by atomic mass is 9.90. The Balaban J connectivity index is 1.50. The van der Waals surface area contributed by atoms with Gasteiger partial charge in [0.15, 0.2) is 0 Å². The van der Waals surface area contributed by atoms with Crippen LogP contribution in [0, 0.1) is 6.92 Å². The number of rotatable bonds is 6. The van der Waals surface area contributed by atoms with Crippen molar-refractivity contribution in [2.45, 2.75) is 25.7 Å². The molecule has 1 aliphatic rings. The lowest BCUT2D eigenvalue weighted by molar-refractivity contribution is 0.0964. The molecule has 2 aromatic carbocycles. The maximum atomic E-state index is 12.2. The highest BCUT2D eigenvalue weighted by molar-refractivity contribution is 6.00. The average molecular weight is 417 g/mol. The van der Waals surface area contributed by atoms with E-state index in [0.29, 0.717) is 28.9 Å². The quantitative estimate of drug-likeness (QED) is 0.484. The maximum Gasteiger partial charge on any atom is 0.253 e. The molecule has 7 heteroatoms. The zero-order valence-electron chi connectivity index (χ0n) is 17.9. The number of piperidine rings is 1. The molecule has 0 spiro atoms. The molecule has 7 nitrogen and oxygen atoms in total. The van der Waals surface area contributed by atoms with E-state index < -0.39 is 0 Å². The van der Waals surface area contributed by atoms with Crippen molar-refractivity contribution < 1.29 is 4.79 Å². The fourth-order valence-corrected chi connectivity index (χ4v) is 3.80. The molecule has 0 radical (unpaired) electrons. The first-order chi connectivity index (χ1) is 15.1. The van der Waals surface area contributed by atoms with E-state index in [9.17, 15) is 4.79 Å². The minimum Gasteiger partial charge on any atom is -0.355 e. The van der Waals surface area contributed by atoms with Gasteiger partial charge < -0.3 is 21.3 Å². The first kappa shape index (κ1) is 20.8. The van der Waals surface area contributed by atoms with Gasteiger partial charge in [-0.2, -0.15) is 4.98 Å². The van der Waals surface area contributed by atoms with Crippen LogP contribution in [0.3, 0.4) is 0 Å². The zero-order valence-corrected chi connectivity index (χ0v) is 17.9. The van der Waals surface area contributed by atoms with Gasteiger partial charge in [0.25, 0.3) is 5.91 Å². The van der Waals surface area contributed by atoms with E-state index in [1.807, 2.05) is 25.1 Å². The number of benzene rings is 2. The second kappa shape index (κ2) is 9.57. The van der Waals surface area contributed by atoms with Gasteiger partial charge in [-0.1, -0.05) is 24.3 Å². The Hall–Kier alpha value is -3.45. The minimum atomic E-state index is -0.151. The topological polar surface area (TPSA) is 91.0 Å². The molecule has 31 heavy (non-hydrogen) atoms. The van der Waals surface area contributed by atoms with E-state index in [4.69, 9.17) is 0 Å². The number of carbonyl (C=O) groups excluding carboxylic acids is 1. The van der Waals surface area contributed by atoms with Crippen molar-refractivity contribution in [3.8, 4) is 0 Å². The van der Waals surface area contributed by atoms with Gasteiger partial charge in [-0.05, 0) is 68.6 Å². The van der Waals surface area contributed by atoms with Gasteiger partial charge in [-0.25, -0.2) is 4.98 Å². The standard InChI is InChI=1S/C24H28N6O/c1-16-15-27-24(28-19-9-7-17(8-10-19)18-11-13-26-14-12-18)30-22(16)29-21-6-4-3-5-20(21)23(31)25-2/h3-10,15,18,26H,11-14H2,1-2H3,(H,25,31)(H2,27,28,29,30). The fraction of sp³-hybridized carbons (Fsp3) is 0.292. The van der Waals surface area contributed by atoms with Crippen molar-refractivity contribution in [2.75, 3.05) is 30.8 Å². The van der Waals surface area contributed by atoms with Gasteiger partial charge >= 0.3 is 0 Å². The summed E-state index contributed by atoms with van der Waals surface area (Å²) in [6.45, 7) is 4.10. The number of hydrogen-bond donors (Lipinski definition) is 4. The summed E-state index contributed by atoms with van der Waals surface area (Å²) in [6, 6.07) is 15.9. The molecule has 3 aromatic rings. The largest absolute Gasteiger partial charge is 0.355 e. The average Bonchev–Trinajstić information content (AvgIpc) is 2.82. The molecule has 1 aromatic heterocycles. The SMILES string of the molecule is CNC(=O)c1ccccc1Nc1nc(Nc2ccc(C3CCNCC3)cc2)ncc1C. The van der Waals surface area contributed by atoms with Gasteiger partial charge in [0.05, 0.1) is 11.3 Å². The highest BCUT2D eigenvalue weighted by Gasteiger charge is 2.15. The zero-order chi connectivity index (χ0) is 21.6. The highest BCUT2D eigenvalue weighted by Crippen LogP contribution is 2.27. The number of nitrogens with one attached hydrogen (secondary N) is 4. The van der Waals surface area contributed by atoms with Crippen LogP contribution in [0.15, 0.2) is 54.7 Å². The molecule has 1 aliphatic heterocycles. The number of nitrogens with zero attached hydrogens (tertiary/aromatic N) is 2. The van der Waals surface area contributed by atoms with Crippen LogP contribution in [-0.4, -0.2) is 36.0 Å². The molecular weight excluding hydrogens is 388 g/mol. The summed E-state index contributed by atoms with van der Waals surface area (Å²) in [5.74, 6) is 1.63. The third-order valence-electron chi connectivity index (χ3n) is 5.60. The van der Waals surface area contributed by atoms with Crippen LogP contribution < -0.4 is 21.3 Å². The van der Waals surface area contributed by atoms with Crippen molar-refractivity contribution in [1.82, 2.24) is 20.6 Å². The monoisotopic (exact) mass is 416 g/mol. The van der Waals surface area contributed by atoms with Crippen molar-refractivity contribution in [2.24, 2.45) is 0 Å². The van der Waals surface area contributed by atoms with Gasteiger partial charge in [0.1, 0.15) is 5.82 Å². The predicted molar refractivity (Wildman–Crippen MR) is 124 cm³/mol. The van der Waals surface area contributed by atoms with Gasteiger partial charge in [-0.15, -0.1) is 0 Å². The Morgan fingerprint density at radius 1 is 1.03 bits per heavy atom. The molecule has 1 amide bonds. The van der Waals surface area contributed by atoms with Gasteiger partial charge in [0, 0.05) is 24.5 Å². The molecule has 0 unspecified atom stereocenters. The van der Waals surface area contributed by atoms with Crippen molar-refractivity contribution in [3.05, 3.63) is 71.4 Å². The summed E-state index contributed by atoms with van der Waals surface area (Å²) in [7, 11) is 1.62. The van der Waals surface area contributed by atoms with E-state index in [1.54, 1.807) is 19.3 Å². The molecule has 0 atom stereocenters. The molecule has 4 rings (SSSR count). The van der Waals surface area contributed by atoms with E-state index in [2.05, 4.69) is 55.5 Å². The first-order valence-electron chi connectivity index (χ1n) is 10.6. The molecule has 160 valence electrons. The highest BCUT2D eigenvalue weighted by atomic mass is 16.1. The summed E-state index contributed by atoms with van der Waals surface area (Å²) >= 11 is 0. The number of anilines is 4.